The van der Waals surface area contributed by atoms with Gasteiger partial charge in [0.1, 0.15) is 11.4 Å². The van der Waals surface area contributed by atoms with E-state index >= 15 is 0 Å². The zero-order valence-electron chi connectivity index (χ0n) is 13.0. The predicted molar refractivity (Wildman–Crippen MR) is 84.7 cm³/mol. The van der Waals surface area contributed by atoms with Crippen LogP contribution in [0, 0.1) is 0 Å². The Labute approximate surface area is 133 Å². The summed E-state index contributed by atoms with van der Waals surface area (Å²) in [4.78, 5) is 4.32. The maximum absolute atomic E-state index is 5.38. The molecule has 3 aromatic rings. The minimum absolute atomic E-state index is 0.529. The van der Waals surface area contributed by atoms with Gasteiger partial charge in [0.15, 0.2) is 11.5 Å². The van der Waals surface area contributed by atoms with Gasteiger partial charge in [0, 0.05) is 11.8 Å². The van der Waals surface area contributed by atoms with Crippen LogP contribution in [0.1, 0.15) is 0 Å². The quantitative estimate of drug-likeness (QED) is 0.779. The molecule has 0 aliphatic rings. The zero-order valence-corrected chi connectivity index (χ0v) is 13.0. The fraction of sp³-hybridized carbons (Fsp3) is 0.188. The summed E-state index contributed by atoms with van der Waals surface area (Å²) in [5, 5.41) is 11.1. The highest BCUT2D eigenvalue weighted by Gasteiger charge is 2.19. The van der Waals surface area contributed by atoms with E-state index < -0.39 is 0 Å². The van der Waals surface area contributed by atoms with E-state index in [0.717, 1.165) is 11.3 Å². The number of aromatic nitrogens is 4. The molecule has 7 heteroatoms. The van der Waals surface area contributed by atoms with Crippen molar-refractivity contribution in [2.24, 2.45) is 0 Å². The van der Waals surface area contributed by atoms with Crippen LogP contribution in [0.3, 0.4) is 0 Å². The monoisotopic (exact) mass is 312 g/mol. The predicted octanol–water partition coefficient (Wildman–Crippen LogP) is 2.56. The number of nitrogens with zero attached hydrogens (tertiary/aromatic N) is 3. The zero-order chi connectivity index (χ0) is 16.2. The van der Waals surface area contributed by atoms with E-state index in [0.29, 0.717) is 28.6 Å². The van der Waals surface area contributed by atoms with Gasteiger partial charge in [-0.2, -0.15) is 15.4 Å². The molecule has 0 radical (unpaired) electrons. The van der Waals surface area contributed by atoms with Gasteiger partial charge in [0.05, 0.1) is 27.0 Å². The van der Waals surface area contributed by atoms with E-state index in [1.165, 1.54) is 0 Å². The lowest BCUT2D eigenvalue weighted by Crippen LogP contribution is -1.96. The SMILES string of the molecule is COc1cc(-c2n[nH]nc2-c2ccccn2)cc(OC)c1OC. The highest BCUT2D eigenvalue weighted by atomic mass is 16.5. The van der Waals surface area contributed by atoms with Gasteiger partial charge in [-0.05, 0) is 24.3 Å². The van der Waals surface area contributed by atoms with E-state index in [2.05, 4.69) is 20.4 Å². The Kier molecular flexibility index (Phi) is 4.09. The van der Waals surface area contributed by atoms with E-state index in [-0.39, 0.29) is 0 Å². The molecule has 0 saturated carbocycles. The van der Waals surface area contributed by atoms with Crippen molar-refractivity contribution in [3.63, 3.8) is 0 Å². The average Bonchev–Trinajstić information content (AvgIpc) is 3.10. The van der Waals surface area contributed by atoms with Gasteiger partial charge in [0.2, 0.25) is 5.75 Å². The van der Waals surface area contributed by atoms with Gasteiger partial charge in [-0.3, -0.25) is 4.98 Å². The van der Waals surface area contributed by atoms with Gasteiger partial charge in [-0.15, -0.1) is 0 Å². The Morgan fingerprint density at radius 1 is 0.870 bits per heavy atom. The van der Waals surface area contributed by atoms with Crippen LogP contribution in [0.15, 0.2) is 36.5 Å². The van der Waals surface area contributed by atoms with Crippen molar-refractivity contribution in [3.8, 4) is 39.9 Å². The molecule has 0 aliphatic heterocycles. The van der Waals surface area contributed by atoms with Crippen molar-refractivity contribution in [1.82, 2.24) is 20.4 Å². The lowest BCUT2D eigenvalue weighted by atomic mass is 10.1. The summed E-state index contributed by atoms with van der Waals surface area (Å²) in [6.45, 7) is 0. The topological polar surface area (TPSA) is 82.2 Å². The van der Waals surface area contributed by atoms with Gasteiger partial charge >= 0.3 is 0 Å². The highest BCUT2D eigenvalue weighted by molar-refractivity contribution is 5.78. The summed E-state index contributed by atoms with van der Waals surface area (Å²) in [7, 11) is 4.71. The Morgan fingerprint density at radius 3 is 2.13 bits per heavy atom. The van der Waals surface area contributed by atoms with Gasteiger partial charge in [-0.1, -0.05) is 6.07 Å². The van der Waals surface area contributed by atoms with E-state index in [1.54, 1.807) is 27.5 Å². The number of ether oxygens (including phenoxy) is 3. The number of pyridine rings is 1. The van der Waals surface area contributed by atoms with Crippen molar-refractivity contribution in [2.45, 2.75) is 0 Å². The number of nitrogens with one attached hydrogen (secondary N) is 1. The molecule has 2 aromatic heterocycles. The highest BCUT2D eigenvalue weighted by Crippen LogP contribution is 2.42. The molecule has 0 amide bonds. The van der Waals surface area contributed by atoms with Gasteiger partial charge in [-0.25, -0.2) is 0 Å². The van der Waals surface area contributed by atoms with Crippen molar-refractivity contribution in [2.75, 3.05) is 21.3 Å². The molecular formula is C16H16N4O3. The molecule has 0 bridgehead atoms. The molecule has 23 heavy (non-hydrogen) atoms. The summed E-state index contributed by atoms with van der Waals surface area (Å²) >= 11 is 0. The number of methoxy groups -OCH3 is 3. The van der Waals surface area contributed by atoms with Gasteiger partial charge in [0.25, 0.3) is 0 Å². The Balaban J connectivity index is 2.15. The van der Waals surface area contributed by atoms with Crippen molar-refractivity contribution < 1.29 is 14.2 Å². The number of rotatable bonds is 5. The van der Waals surface area contributed by atoms with E-state index in [1.807, 2.05) is 30.3 Å². The first-order chi connectivity index (χ1) is 11.3. The molecule has 1 N–H and O–H groups in total. The first-order valence-corrected chi connectivity index (χ1v) is 6.91. The normalized spacial score (nSPS) is 10.4. The van der Waals surface area contributed by atoms with Crippen LogP contribution in [-0.4, -0.2) is 41.7 Å². The Morgan fingerprint density at radius 2 is 1.57 bits per heavy atom. The number of benzene rings is 1. The number of hydrogen-bond acceptors (Lipinski definition) is 6. The number of hydrogen-bond donors (Lipinski definition) is 1. The molecule has 0 fully saturated rings. The third-order valence-corrected chi connectivity index (χ3v) is 3.39. The Hall–Kier alpha value is -3.09. The maximum atomic E-state index is 5.38. The molecule has 7 nitrogen and oxygen atoms in total. The summed E-state index contributed by atoms with van der Waals surface area (Å²) in [6.07, 6.45) is 1.71. The minimum atomic E-state index is 0.529. The first-order valence-electron chi connectivity index (χ1n) is 6.91. The smallest absolute Gasteiger partial charge is 0.203 e. The molecule has 3 rings (SSSR count). The van der Waals surface area contributed by atoms with Gasteiger partial charge < -0.3 is 14.2 Å². The van der Waals surface area contributed by atoms with Crippen molar-refractivity contribution >= 4 is 0 Å². The van der Waals surface area contributed by atoms with Crippen molar-refractivity contribution in [1.29, 1.82) is 0 Å². The second-order valence-corrected chi connectivity index (χ2v) is 4.65. The average molecular weight is 312 g/mol. The number of aromatic amines is 1. The van der Waals surface area contributed by atoms with Crippen LogP contribution in [-0.2, 0) is 0 Å². The van der Waals surface area contributed by atoms with Crippen LogP contribution >= 0.6 is 0 Å². The van der Waals surface area contributed by atoms with E-state index in [4.69, 9.17) is 14.2 Å². The van der Waals surface area contributed by atoms with Crippen molar-refractivity contribution in [3.05, 3.63) is 36.5 Å². The molecule has 0 atom stereocenters. The minimum Gasteiger partial charge on any atom is -0.493 e. The molecular weight excluding hydrogens is 296 g/mol. The summed E-state index contributed by atoms with van der Waals surface area (Å²) < 4.78 is 16.1. The third-order valence-electron chi connectivity index (χ3n) is 3.39. The lowest BCUT2D eigenvalue weighted by Gasteiger charge is -2.13. The summed E-state index contributed by atoms with van der Waals surface area (Å²) in [5.74, 6) is 1.63. The third kappa shape index (κ3) is 2.68. The van der Waals surface area contributed by atoms with Crippen LogP contribution in [0.5, 0.6) is 17.2 Å². The standard InChI is InChI=1S/C16H16N4O3/c1-21-12-8-10(9-13(22-2)16(12)23-3)14-15(19-20-18-14)11-6-4-5-7-17-11/h4-9H,1-3H3,(H,18,19,20). The van der Waals surface area contributed by atoms with Crippen LogP contribution in [0.4, 0.5) is 0 Å². The molecule has 1 aromatic carbocycles. The molecule has 118 valence electrons. The fourth-order valence-electron chi connectivity index (χ4n) is 2.33. The Bertz CT molecular complexity index is 777. The first kappa shape index (κ1) is 14.8. The maximum Gasteiger partial charge on any atom is 0.203 e. The lowest BCUT2D eigenvalue weighted by molar-refractivity contribution is 0.324. The summed E-state index contributed by atoms with van der Waals surface area (Å²) in [5.41, 5.74) is 2.82. The second kappa shape index (κ2) is 6.35. The molecule has 0 saturated heterocycles. The van der Waals surface area contributed by atoms with E-state index in [9.17, 15) is 0 Å². The molecule has 0 spiro atoms. The second-order valence-electron chi connectivity index (χ2n) is 4.65. The molecule has 0 unspecified atom stereocenters. The number of H-pyrrole nitrogens is 1. The van der Waals surface area contributed by atoms with Crippen LogP contribution < -0.4 is 14.2 Å². The van der Waals surface area contributed by atoms with Crippen LogP contribution in [0.2, 0.25) is 0 Å². The molecule has 2 heterocycles. The molecule has 0 aliphatic carbocycles. The fourth-order valence-corrected chi connectivity index (χ4v) is 2.33. The largest absolute Gasteiger partial charge is 0.493 e. The summed E-state index contributed by atoms with van der Waals surface area (Å²) in [6, 6.07) is 9.27. The van der Waals surface area contributed by atoms with Crippen LogP contribution in [0.25, 0.3) is 22.6 Å².